The molecule has 0 aromatic rings. The molecule has 0 bridgehead atoms. The van der Waals surface area contributed by atoms with Crippen LogP contribution in [0.15, 0.2) is 11.3 Å². The second kappa shape index (κ2) is 9.11. The molecule has 0 spiro atoms. The van der Waals surface area contributed by atoms with Gasteiger partial charge in [-0.2, -0.15) is 0 Å². The van der Waals surface area contributed by atoms with E-state index in [1.165, 1.54) is 18.7 Å². The Balaban J connectivity index is 0. The molecule has 0 aromatic heterocycles. The Kier molecular flexibility index (Phi) is 10.4. The molecular weight excluding hydrogens is 170 g/mol. The lowest BCUT2D eigenvalue weighted by Crippen LogP contribution is -2.26. The maximum absolute atomic E-state index is 2.47. The Morgan fingerprint density at radius 3 is 1.57 bits per heavy atom. The van der Waals surface area contributed by atoms with E-state index in [0.29, 0.717) is 6.04 Å². The average molecular weight is 199 g/mol. The third-order valence-corrected chi connectivity index (χ3v) is 2.40. The van der Waals surface area contributed by atoms with Crippen molar-refractivity contribution in [3.8, 4) is 0 Å². The third-order valence-electron chi connectivity index (χ3n) is 2.40. The first kappa shape index (κ1) is 16.0. The summed E-state index contributed by atoms with van der Waals surface area (Å²) in [5, 5.41) is 0. The van der Waals surface area contributed by atoms with Crippen LogP contribution in [-0.4, -0.2) is 17.5 Å². The van der Waals surface area contributed by atoms with Crippen LogP contribution in [0.1, 0.15) is 61.8 Å². The van der Waals surface area contributed by atoms with E-state index in [9.17, 15) is 0 Å². The van der Waals surface area contributed by atoms with Gasteiger partial charge in [0, 0.05) is 18.3 Å². The van der Waals surface area contributed by atoms with Crippen LogP contribution >= 0.6 is 0 Å². The first-order valence-corrected chi connectivity index (χ1v) is 6.06. The van der Waals surface area contributed by atoms with Gasteiger partial charge in [0.2, 0.25) is 0 Å². The maximum Gasteiger partial charge on any atom is 0.0230 e. The van der Waals surface area contributed by atoms with E-state index in [1.54, 1.807) is 5.57 Å². The largest absolute Gasteiger partial charge is 0.372 e. The van der Waals surface area contributed by atoms with Gasteiger partial charge >= 0.3 is 0 Å². The van der Waals surface area contributed by atoms with Crippen LogP contribution < -0.4 is 0 Å². The molecule has 0 aromatic carbocycles. The molecule has 86 valence electrons. The van der Waals surface area contributed by atoms with Crippen molar-refractivity contribution in [2.75, 3.05) is 6.54 Å². The van der Waals surface area contributed by atoms with Crippen molar-refractivity contribution in [1.29, 1.82) is 0 Å². The summed E-state index contributed by atoms with van der Waals surface area (Å²) in [5.74, 6) is 0. The van der Waals surface area contributed by atoms with Gasteiger partial charge in [0.25, 0.3) is 0 Å². The van der Waals surface area contributed by atoms with E-state index in [2.05, 4.69) is 32.6 Å². The van der Waals surface area contributed by atoms with Gasteiger partial charge in [0.1, 0.15) is 0 Å². The molecule has 0 amide bonds. The second-order valence-electron chi connectivity index (χ2n) is 3.40. The van der Waals surface area contributed by atoms with Gasteiger partial charge in [-0.3, -0.25) is 0 Å². The fraction of sp³-hybridized carbons (Fsp3) is 0.846. The van der Waals surface area contributed by atoms with Crippen LogP contribution in [0.2, 0.25) is 0 Å². The van der Waals surface area contributed by atoms with Crippen LogP contribution in [0.3, 0.4) is 0 Å². The second-order valence-corrected chi connectivity index (χ2v) is 3.40. The summed E-state index contributed by atoms with van der Waals surface area (Å²) in [6.07, 6.45) is 1.27. The topological polar surface area (TPSA) is 3.24 Å². The number of rotatable bonds is 1. The van der Waals surface area contributed by atoms with E-state index < -0.39 is 0 Å². The minimum Gasteiger partial charge on any atom is -0.372 e. The summed E-state index contributed by atoms with van der Waals surface area (Å²) in [5.41, 5.74) is 3.06. The molecule has 1 aliphatic rings. The number of hydrogen-bond donors (Lipinski definition) is 0. The lowest BCUT2D eigenvalue weighted by Gasteiger charge is -2.24. The molecule has 0 N–H and O–H groups in total. The Labute approximate surface area is 91.2 Å². The van der Waals surface area contributed by atoms with Crippen LogP contribution in [-0.2, 0) is 0 Å². The average Bonchev–Trinajstić information content (AvgIpc) is 2.54. The highest BCUT2D eigenvalue weighted by Gasteiger charge is 2.17. The zero-order valence-electron chi connectivity index (χ0n) is 11.4. The zero-order valence-corrected chi connectivity index (χ0v) is 11.4. The minimum absolute atomic E-state index is 0.678. The quantitative estimate of drug-likeness (QED) is 0.603. The van der Waals surface area contributed by atoms with E-state index in [-0.39, 0.29) is 0 Å². The lowest BCUT2D eigenvalue weighted by molar-refractivity contribution is 0.310. The summed E-state index contributed by atoms with van der Waals surface area (Å²) in [6.45, 7) is 18.2. The molecule has 0 unspecified atom stereocenters. The van der Waals surface area contributed by atoms with Gasteiger partial charge < -0.3 is 4.90 Å². The van der Waals surface area contributed by atoms with Gasteiger partial charge in [0.15, 0.2) is 0 Å². The molecule has 0 radical (unpaired) electrons. The molecule has 1 rings (SSSR count). The van der Waals surface area contributed by atoms with E-state index in [0.717, 1.165) is 0 Å². The summed E-state index contributed by atoms with van der Waals surface area (Å²) in [6, 6.07) is 0.678. The Bertz CT molecular complexity index is 157. The Hall–Kier alpha value is -0.460. The molecule has 0 saturated carbocycles. The predicted molar refractivity (Wildman–Crippen MR) is 67.5 cm³/mol. The normalized spacial score (nSPS) is 14.8. The first-order valence-electron chi connectivity index (χ1n) is 6.06. The highest BCUT2D eigenvalue weighted by atomic mass is 15.2. The maximum atomic E-state index is 2.47. The van der Waals surface area contributed by atoms with Crippen molar-refractivity contribution in [2.24, 2.45) is 0 Å². The van der Waals surface area contributed by atoms with E-state index in [1.807, 2.05) is 27.7 Å². The van der Waals surface area contributed by atoms with Crippen molar-refractivity contribution in [1.82, 2.24) is 4.90 Å². The molecule has 1 nitrogen and oxygen atoms in total. The Morgan fingerprint density at radius 1 is 1.00 bits per heavy atom. The molecular formula is C13H29N. The number of nitrogens with zero attached hydrogens (tertiary/aromatic N) is 1. The first-order chi connectivity index (χ1) is 6.63. The summed E-state index contributed by atoms with van der Waals surface area (Å²) < 4.78 is 0. The Morgan fingerprint density at radius 2 is 1.43 bits per heavy atom. The van der Waals surface area contributed by atoms with Crippen LogP contribution in [0.25, 0.3) is 0 Å². The summed E-state index contributed by atoms with van der Waals surface area (Å²) in [7, 11) is 0. The monoisotopic (exact) mass is 199 g/mol. The molecule has 0 saturated heterocycles. The van der Waals surface area contributed by atoms with Crippen molar-refractivity contribution in [3.63, 3.8) is 0 Å². The smallest absolute Gasteiger partial charge is 0.0230 e. The van der Waals surface area contributed by atoms with Gasteiger partial charge in [-0.1, -0.05) is 33.3 Å². The van der Waals surface area contributed by atoms with Crippen LogP contribution in [0.5, 0.6) is 0 Å². The standard InChI is InChI=1S/C9H17N.2C2H6/c1-7(2)10-6-5-8(3)9(10)4;2*1-2/h7H,5-6H2,1-4H3;2*1-2H3. The van der Waals surface area contributed by atoms with Crippen LogP contribution in [0, 0.1) is 0 Å². The molecule has 0 atom stereocenters. The zero-order chi connectivity index (χ0) is 11.7. The number of allylic oxidation sites excluding steroid dienone is 1. The van der Waals surface area contributed by atoms with Crippen molar-refractivity contribution < 1.29 is 0 Å². The van der Waals surface area contributed by atoms with Gasteiger partial charge in [-0.15, -0.1) is 0 Å². The van der Waals surface area contributed by atoms with Crippen LogP contribution in [0.4, 0.5) is 0 Å². The summed E-state index contributed by atoms with van der Waals surface area (Å²) in [4.78, 5) is 2.47. The molecule has 0 fully saturated rings. The minimum atomic E-state index is 0.678. The molecule has 1 heteroatoms. The highest BCUT2D eigenvalue weighted by molar-refractivity contribution is 5.15. The SMILES string of the molecule is CC.CC.CC1=C(C)N(C(C)C)CC1. The van der Waals surface area contributed by atoms with Gasteiger partial charge in [-0.05, 0) is 34.1 Å². The fourth-order valence-electron chi connectivity index (χ4n) is 1.53. The van der Waals surface area contributed by atoms with Gasteiger partial charge in [0.05, 0.1) is 0 Å². The van der Waals surface area contributed by atoms with Gasteiger partial charge in [-0.25, -0.2) is 0 Å². The van der Waals surface area contributed by atoms with Crippen molar-refractivity contribution >= 4 is 0 Å². The highest BCUT2D eigenvalue weighted by Crippen LogP contribution is 2.23. The summed E-state index contributed by atoms with van der Waals surface area (Å²) >= 11 is 0. The number of hydrogen-bond acceptors (Lipinski definition) is 1. The van der Waals surface area contributed by atoms with Crippen molar-refractivity contribution in [2.45, 2.75) is 67.9 Å². The molecule has 1 aliphatic heterocycles. The lowest BCUT2D eigenvalue weighted by atomic mass is 10.2. The van der Waals surface area contributed by atoms with E-state index >= 15 is 0 Å². The predicted octanol–water partition coefficient (Wildman–Crippen LogP) is 4.45. The van der Waals surface area contributed by atoms with Crippen molar-refractivity contribution in [3.05, 3.63) is 11.3 Å². The molecule has 14 heavy (non-hydrogen) atoms. The molecule has 1 heterocycles. The fourth-order valence-corrected chi connectivity index (χ4v) is 1.53. The van der Waals surface area contributed by atoms with E-state index in [4.69, 9.17) is 0 Å². The molecule has 0 aliphatic carbocycles. The third kappa shape index (κ3) is 4.69.